The van der Waals surface area contributed by atoms with Gasteiger partial charge in [0.05, 0.1) is 0 Å². The van der Waals surface area contributed by atoms with Crippen molar-refractivity contribution < 1.29 is 19.8 Å². The van der Waals surface area contributed by atoms with Gasteiger partial charge in [0, 0.05) is 19.4 Å². The molecule has 1 amide bonds. The Morgan fingerprint density at radius 1 is 1.26 bits per heavy atom. The summed E-state index contributed by atoms with van der Waals surface area (Å²) in [6, 6.07) is 5.26. The maximum atomic E-state index is 11.5. The van der Waals surface area contributed by atoms with Crippen LogP contribution in [-0.4, -0.2) is 41.7 Å². The maximum absolute atomic E-state index is 11.5. The molecular weight excluding hydrogens is 248 g/mol. The average molecular weight is 266 g/mol. The fourth-order valence-corrected chi connectivity index (χ4v) is 1.57. The van der Waals surface area contributed by atoms with E-state index >= 15 is 0 Å². The van der Waals surface area contributed by atoms with Crippen LogP contribution < -0.4 is 10.6 Å². The van der Waals surface area contributed by atoms with Gasteiger partial charge in [-0.3, -0.25) is 4.79 Å². The SMILES string of the molecule is CNCCC(=O)NC(Cc1ccc(O)cc1)C(=O)O. The molecule has 0 spiro atoms. The molecule has 0 saturated carbocycles. The number of rotatable bonds is 7. The molecular formula is C13H18N2O4. The largest absolute Gasteiger partial charge is 0.508 e. The molecule has 104 valence electrons. The Hall–Kier alpha value is -2.08. The Bertz CT molecular complexity index is 431. The van der Waals surface area contributed by atoms with Crippen LogP contribution in [0.4, 0.5) is 0 Å². The number of aliphatic carboxylic acids is 1. The lowest BCUT2D eigenvalue weighted by atomic mass is 10.1. The summed E-state index contributed by atoms with van der Waals surface area (Å²) in [7, 11) is 1.72. The van der Waals surface area contributed by atoms with E-state index in [0.29, 0.717) is 6.54 Å². The van der Waals surface area contributed by atoms with Crippen molar-refractivity contribution in [3.8, 4) is 5.75 Å². The van der Waals surface area contributed by atoms with Gasteiger partial charge in [-0.2, -0.15) is 0 Å². The van der Waals surface area contributed by atoms with Crippen molar-refractivity contribution in [2.75, 3.05) is 13.6 Å². The molecule has 1 atom stereocenters. The molecule has 0 aliphatic heterocycles. The van der Waals surface area contributed by atoms with E-state index in [1.807, 2.05) is 0 Å². The van der Waals surface area contributed by atoms with Crippen LogP contribution in [0.2, 0.25) is 0 Å². The van der Waals surface area contributed by atoms with E-state index in [2.05, 4.69) is 10.6 Å². The van der Waals surface area contributed by atoms with Crippen molar-refractivity contribution in [2.24, 2.45) is 0 Å². The first-order chi connectivity index (χ1) is 9.02. The van der Waals surface area contributed by atoms with Crippen LogP contribution in [0.25, 0.3) is 0 Å². The summed E-state index contributed by atoms with van der Waals surface area (Å²) in [5, 5.41) is 23.5. The van der Waals surface area contributed by atoms with Crippen molar-refractivity contribution >= 4 is 11.9 Å². The summed E-state index contributed by atoms with van der Waals surface area (Å²) in [5.74, 6) is -1.26. The number of benzene rings is 1. The first-order valence-corrected chi connectivity index (χ1v) is 5.97. The van der Waals surface area contributed by atoms with Gasteiger partial charge >= 0.3 is 5.97 Å². The molecule has 0 heterocycles. The minimum atomic E-state index is -1.08. The Morgan fingerprint density at radius 2 is 1.89 bits per heavy atom. The van der Waals surface area contributed by atoms with E-state index in [1.54, 1.807) is 19.2 Å². The number of carboxylic acid groups (broad SMARTS) is 1. The number of phenols is 1. The molecule has 1 aromatic carbocycles. The Balaban J connectivity index is 2.60. The highest BCUT2D eigenvalue weighted by molar-refractivity contribution is 5.83. The summed E-state index contributed by atoms with van der Waals surface area (Å²) < 4.78 is 0. The third-order valence-electron chi connectivity index (χ3n) is 2.61. The predicted molar refractivity (Wildman–Crippen MR) is 69.9 cm³/mol. The van der Waals surface area contributed by atoms with Gasteiger partial charge in [0.25, 0.3) is 0 Å². The molecule has 0 bridgehead atoms. The van der Waals surface area contributed by atoms with Crippen LogP contribution in [0.5, 0.6) is 5.75 Å². The average Bonchev–Trinajstić information content (AvgIpc) is 2.38. The maximum Gasteiger partial charge on any atom is 0.326 e. The zero-order valence-corrected chi connectivity index (χ0v) is 10.7. The summed E-state index contributed by atoms with van der Waals surface area (Å²) in [4.78, 5) is 22.6. The number of hydrogen-bond acceptors (Lipinski definition) is 4. The van der Waals surface area contributed by atoms with Gasteiger partial charge in [-0.05, 0) is 24.7 Å². The molecule has 0 aromatic heterocycles. The van der Waals surface area contributed by atoms with Crippen LogP contribution in [0.1, 0.15) is 12.0 Å². The van der Waals surface area contributed by atoms with Gasteiger partial charge in [-0.1, -0.05) is 12.1 Å². The topological polar surface area (TPSA) is 98.7 Å². The molecule has 6 heteroatoms. The number of carboxylic acids is 1. The zero-order valence-electron chi connectivity index (χ0n) is 10.7. The van der Waals surface area contributed by atoms with E-state index < -0.39 is 12.0 Å². The smallest absolute Gasteiger partial charge is 0.326 e. The standard InChI is InChI=1S/C13H18N2O4/c1-14-7-6-12(17)15-11(13(18)19)8-9-2-4-10(16)5-3-9/h2-5,11,14,16H,6-8H2,1H3,(H,15,17)(H,18,19). The van der Waals surface area contributed by atoms with Crippen molar-refractivity contribution in [3.05, 3.63) is 29.8 Å². The summed E-state index contributed by atoms with van der Waals surface area (Å²) >= 11 is 0. The van der Waals surface area contributed by atoms with Crippen molar-refractivity contribution in [1.29, 1.82) is 0 Å². The molecule has 0 aliphatic rings. The zero-order chi connectivity index (χ0) is 14.3. The quantitative estimate of drug-likeness (QED) is 0.561. The van der Waals surface area contributed by atoms with E-state index in [4.69, 9.17) is 10.2 Å². The van der Waals surface area contributed by atoms with Gasteiger partial charge in [0.15, 0.2) is 0 Å². The third kappa shape index (κ3) is 5.39. The molecule has 0 aliphatic carbocycles. The highest BCUT2D eigenvalue weighted by Gasteiger charge is 2.19. The number of amides is 1. The Kier molecular flexibility index (Phi) is 5.81. The van der Waals surface area contributed by atoms with E-state index in [9.17, 15) is 9.59 Å². The van der Waals surface area contributed by atoms with Crippen molar-refractivity contribution in [1.82, 2.24) is 10.6 Å². The van der Waals surface area contributed by atoms with Crippen LogP contribution in [-0.2, 0) is 16.0 Å². The van der Waals surface area contributed by atoms with E-state index in [1.165, 1.54) is 12.1 Å². The normalized spacial score (nSPS) is 11.8. The molecule has 19 heavy (non-hydrogen) atoms. The number of carbonyl (C=O) groups excluding carboxylic acids is 1. The van der Waals surface area contributed by atoms with Crippen LogP contribution in [0.15, 0.2) is 24.3 Å². The van der Waals surface area contributed by atoms with Crippen molar-refractivity contribution in [2.45, 2.75) is 18.9 Å². The molecule has 6 nitrogen and oxygen atoms in total. The minimum Gasteiger partial charge on any atom is -0.508 e. The number of nitrogens with one attached hydrogen (secondary N) is 2. The second kappa shape index (κ2) is 7.38. The second-order valence-electron chi connectivity index (χ2n) is 4.18. The van der Waals surface area contributed by atoms with E-state index in [0.717, 1.165) is 5.56 Å². The van der Waals surface area contributed by atoms with Crippen LogP contribution in [0, 0.1) is 0 Å². The number of phenolic OH excluding ortho intramolecular Hbond substituents is 1. The third-order valence-corrected chi connectivity index (χ3v) is 2.61. The molecule has 1 aromatic rings. The number of hydrogen-bond donors (Lipinski definition) is 4. The van der Waals surface area contributed by atoms with Crippen molar-refractivity contribution in [3.63, 3.8) is 0 Å². The lowest BCUT2D eigenvalue weighted by molar-refractivity contribution is -0.141. The van der Waals surface area contributed by atoms with Gasteiger partial charge in [-0.25, -0.2) is 4.79 Å². The van der Waals surface area contributed by atoms with Gasteiger partial charge in [0.1, 0.15) is 11.8 Å². The number of aromatic hydroxyl groups is 1. The van der Waals surface area contributed by atoms with E-state index in [-0.39, 0.29) is 24.5 Å². The highest BCUT2D eigenvalue weighted by Crippen LogP contribution is 2.11. The minimum absolute atomic E-state index is 0.119. The molecule has 0 fully saturated rings. The molecule has 1 unspecified atom stereocenters. The summed E-state index contributed by atoms with van der Waals surface area (Å²) in [6.07, 6.45) is 0.413. The predicted octanol–water partition coefficient (Wildman–Crippen LogP) is 0.114. The molecule has 4 N–H and O–H groups in total. The number of carbonyl (C=O) groups is 2. The lowest BCUT2D eigenvalue weighted by Crippen LogP contribution is -2.43. The first-order valence-electron chi connectivity index (χ1n) is 5.97. The van der Waals surface area contributed by atoms with Crippen LogP contribution >= 0.6 is 0 Å². The molecule has 0 saturated heterocycles. The van der Waals surface area contributed by atoms with Crippen LogP contribution in [0.3, 0.4) is 0 Å². The Labute approximate surface area is 111 Å². The van der Waals surface area contributed by atoms with Gasteiger partial charge < -0.3 is 20.8 Å². The fourth-order valence-electron chi connectivity index (χ4n) is 1.57. The summed E-state index contributed by atoms with van der Waals surface area (Å²) in [5.41, 5.74) is 0.735. The monoisotopic (exact) mass is 266 g/mol. The molecule has 1 rings (SSSR count). The fraction of sp³-hybridized carbons (Fsp3) is 0.385. The lowest BCUT2D eigenvalue weighted by Gasteiger charge is -2.14. The summed E-state index contributed by atoms with van der Waals surface area (Å²) in [6.45, 7) is 0.497. The second-order valence-corrected chi connectivity index (χ2v) is 4.18. The van der Waals surface area contributed by atoms with Gasteiger partial charge in [0.2, 0.25) is 5.91 Å². The molecule has 0 radical (unpaired) electrons. The Morgan fingerprint density at radius 3 is 2.42 bits per heavy atom. The first kappa shape index (κ1) is 15.0. The highest BCUT2D eigenvalue weighted by atomic mass is 16.4. The van der Waals surface area contributed by atoms with Gasteiger partial charge in [-0.15, -0.1) is 0 Å².